The zero-order chi connectivity index (χ0) is 48.6. The summed E-state index contributed by atoms with van der Waals surface area (Å²) in [6.45, 7) is 7.19. The molecular weight excluding hydrogens is 887 g/mol. The van der Waals surface area contributed by atoms with Crippen molar-refractivity contribution in [2.75, 3.05) is 11.9 Å². The zero-order valence-corrected chi connectivity index (χ0v) is 41.8. The summed E-state index contributed by atoms with van der Waals surface area (Å²) in [6, 6.07) is 63.4. The van der Waals surface area contributed by atoms with E-state index in [2.05, 4.69) is 252 Å². The maximum atomic E-state index is 4.43. The number of allylic oxidation sites excluding steroid dienone is 3. The Balaban J connectivity index is 0.916. The Kier molecular flexibility index (Phi) is 9.44. The number of fused-ring (bicyclic) bond motifs is 14. The first-order valence-corrected chi connectivity index (χ1v) is 26.5. The number of rotatable bonds is 5. The minimum atomic E-state index is -0.137. The molecule has 1 N–H and O–H groups in total. The minimum absolute atomic E-state index is 0.0978. The van der Waals surface area contributed by atoms with Gasteiger partial charge >= 0.3 is 0 Å². The third-order valence-corrected chi connectivity index (χ3v) is 17.0. The molecule has 5 heteroatoms. The molecule has 5 nitrogen and oxygen atoms in total. The molecule has 11 aromatic rings. The van der Waals surface area contributed by atoms with E-state index in [1.807, 2.05) is 0 Å². The number of aromatic nitrogens is 3. The van der Waals surface area contributed by atoms with E-state index in [4.69, 9.17) is 0 Å². The monoisotopic (exact) mass is 943 g/mol. The van der Waals surface area contributed by atoms with Gasteiger partial charge in [0.05, 0.1) is 22.6 Å². The van der Waals surface area contributed by atoms with Gasteiger partial charge in [0.15, 0.2) is 6.29 Å². The van der Waals surface area contributed by atoms with Gasteiger partial charge in [-0.05, 0) is 136 Å². The molecule has 1 aliphatic heterocycles. The predicted molar refractivity (Wildman–Crippen MR) is 307 cm³/mol. The molecular formula is C68H57N5. The molecule has 3 aromatic heterocycles. The van der Waals surface area contributed by atoms with Crippen LogP contribution in [0, 0.1) is 11.8 Å². The molecule has 5 atom stereocenters. The van der Waals surface area contributed by atoms with Gasteiger partial charge in [0.2, 0.25) is 0 Å². The Hall–Kier alpha value is -8.12. The second kappa shape index (κ2) is 16.2. The van der Waals surface area contributed by atoms with E-state index in [1.54, 1.807) is 0 Å². The molecule has 0 saturated carbocycles. The van der Waals surface area contributed by atoms with E-state index in [0.717, 1.165) is 19.3 Å². The van der Waals surface area contributed by atoms with Crippen LogP contribution in [-0.2, 0) is 12.8 Å². The van der Waals surface area contributed by atoms with Crippen molar-refractivity contribution in [1.82, 2.24) is 19.0 Å². The molecule has 3 aliphatic carbocycles. The van der Waals surface area contributed by atoms with Gasteiger partial charge in [0.1, 0.15) is 0 Å². The van der Waals surface area contributed by atoms with Crippen LogP contribution in [0.5, 0.6) is 0 Å². The highest BCUT2D eigenvalue weighted by Gasteiger charge is 2.39. The molecule has 4 heterocycles. The van der Waals surface area contributed by atoms with Crippen molar-refractivity contribution in [2.45, 2.75) is 58.3 Å². The van der Waals surface area contributed by atoms with Crippen LogP contribution in [-0.4, -0.2) is 20.7 Å². The van der Waals surface area contributed by atoms with Gasteiger partial charge in [-0.15, -0.1) is 0 Å². The number of benzene rings is 8. The lowest BCUT2D eigenvalue weighted by atomic mass is 9.83. The van der Waals surface area contributed by atoms with Gasteiger partial charge in [-0.25, -0.2) is 0 Å². The van der Waals surface area contributed by atoms with Crippen LogP contribution in [0.1, 0.15) is 95.9 Å². The largest absolute Gasteiger partial charge is 0.341 e. The average Bonchev–Trinajstić information content (AvgIpc) is 4.07. The highest BCUT2D eigenvalue weighted by atomic mass is 15.4. The van der Waals surface area contributed by atoms with Gasteiger partial charge in [-0.3, -0.25) is 5.32 Å². The van der Waals surface area contributed by atoms with Crippen LogP contribution in [0.2, 0.25) is 0 Å². The molecule has 0 radical (unpaired) electrons. The van der Waals surface area contributed by atoms with Gasteiger partial charge in [0, 0.05) is 79.8 Å². The molecule has 0 fully saturated rings. The molecule has 0 bridgehead atoms. The Labute approximate surface area is 426 Å². The van der Waals surface area contributed by atoms with Crippen LogP contribution in [0.4, 0.5) is 5.69 Å². The summed E-state index contributed by atoms with van der Waals surface area (Å²) < 4.78 is 7.74. The third kappa shape index (κ3) is 6.31. The van der Waals surface area contributed by atoms with Crippen LogP contribution < -0.4 is 10.2 Å². The Morgan fingerprint density at radius 2 is 1.23 bits per heavy atom. The molecule has 5 unspecified atom stereocenters. The molecule has 0 amide bonds. The van der Waals surface area contributed by atoms with Gasteiger partial charge in [0.25, 0.3) is 0 Å². The summed E-state index contributed by atoms with van der Waals surface area (Å²) in [6.07, 6.45) is 15.1. The number of para-hydroxylation sites is 3. The summed E-state index contributed by atoms with van der Waals surface area (Å²) in [5.41, 5.74) is 21.1. The van der Waals surface area contributed by atoms with Crippen molar-refractivity contribution in [2.24, 2.45) is 11.8 Å². The number of hydrogen-bond donors (Lipinski definition) is 1. The fraction of sp³-hybridized carbons (Fsp3) is 0.176. The quantitative estimate of drug-likeness (QED) is 0.186. The van der Waals surface area contributed by atoms with Gasteiger partial charge in [-0.1, -0.05) is 160 Å². The van der Waals surface area contributed by atoms with E-state index in [1.165, 1.54) is 127 Å². The van der Waals surface area contributed by atoms with E-state index < -0.39 is 0 Å². The average molecular weight is 944 g/mol. The van der Waals surface area contributed by atoms with Crippen molar-refractivity contribution in [3.05, 3.63) is 232 Å². The minimum Gasteiger partial charge on any atom is -0.341 e. The molecule has 354 valence electrons. The maximum Gasteiger partial charge on any atom is 0.162 e. The normalized spacial score (nSPS) is 20.2. The van der Waals surface area contributed by atoms with E-state index in [9.17, 15) is 0 Å². The fourth-order valence-electron chi connectivity index (χ4n) is 13.8. The Bertz CT molecular complexity index is 4180. The summed E-state index contributed by atoms with van der Waals surface area (Å²) >= 11 is 0. The van der Waals surface area contributed by atoms with E-state index >= 15 is 0 Å². The van der Waals surface area contributed by atoms with Crippen molar-refractivity contribution in [3.63, 3.8) is 0 Å². The van der Waals surface area contributed by atoms with Crippen LogP contribution in [0.25, 0.3) is 89.4 Å². The first-order valence-electron chi connectivity index (χ1n) is 26.5. The lowest BCUT2D eigenvalue weighted by Gasteiger charge is -2.44. The van der Waals surface area contributed by atoms with Gasteiger partial charge < -0.3 is 18.6 Å². The summed E-state index contributed by atoms with van der Waals surface area (Å²) in [5.74, 6) is 1.22. The Morgan fingerprint density at radius 1 is 0.534 bits per heavy atom. The predicted octanol–water partition coefficient (Wildman–Crippen LogP) is 16.6. The van der Waals surface area contributed by atoms with E-state index in [0.29, 0.717) is 11.8 Å². The highest BCUT2D eigenvalue weighted by Crippen LogP contribution is 2.50. The SMILES string of the molecule is CC1C=Cc2c(c3cc(C4=Cc5c6c(n(C7NC(c8cc9c(c%10ccccc8%10)c8ccc%10ccccc%10c8n9-c8ccccc8)c8ccccc8N7C)c5C(C)C4)CC(C)C=C6)ccc3n2-c2ccccc2)C1. The van der Waals surface area contributed by atoms with Crippen LogP contribution in [0.3, 0.4) is 0 Å². The highest BCUT2D eigenvalue weighted by molar-refractivity contribution is 6.26. The fourth-order valence-corrected chi connectivity index (χ4v) is 13.8. The molecule has 15 rings (SSSR count). The van der Waals surface area contributed by atoms with E-state index in [-0.39, 0.29) is 18.2 Å². The standard InChI is InChI=1S/C68H57N5/c1-41-28-33-60-55(35-41)56-38-45(30-34-61(56)71(60)47-18-7-5-8-19-47)46-37-43(3)66-58(39-46)51-31-27-42(2)36-62(51)73(66)68-69-65(53-25-15-16-26-59(53)70(68)4)57-40-63-64(52-24-14-13-23-50(52)57)54-32-29-44-17-11-12-22-49(44)67(54)72(63)48-20-9-6-10-21-48/h5-34,38-43,65,68-69H,35-37H2,1-4H3. The molecule has 73 heavy (non-hydrogen) atoms. The first-order chi connectivity index (χ1) is 35.9. The summed E-state index contributed by atoms with van der Waals surface area (Å²) in [7, 11) is 2.30. The molecule has 0 saturated heterocycles. The topological polar surface area (TPSA) is 30.1 Å². The summed E-state index contributed by atoms with van der Waals surface area (Å²) in [4.78, 5) is 2.51. The lowest BCUT2D eigenvalue weighted by molar-refractivity contribution is 0.332. The molecule has 8 aromatic carbocycles. The first kappa shape index (κ1) is 42.6. The number of nitrogens with zero attached hydrogens (tertiary/aromatic N) is 4. The van der Waals surface area contributed by atoms with Crippen LogP contribution in [0.15, 0.2) is 182 Å². The second-order valence-corrected chi connectivity index (χ2v) is 21.6. The van der Waals surface area contributed by atoms with Crippen LogP contribution >= 0.6 is 0 Å². The number of hydrogen-bond acceptors (Lipinski definition) is 2. The maximum absolute atomic E-state index is 4.43. The van der Waals surface area contributed by atoms with Crippen molar-refractivity contribution < 1.29 is 0 Å². The second-order valence-electron chi connectivity index (χ2n) is 21.6. The lowest BCUT2D eigenvalue weighted by Crippen LogP contribution is -2.48. The number of nitrogens with one attached hydrogen (secondary N) is 1. The smallest absolute Gasteiger partial charge is 0.162 e. The summed E-state index contributed by atoms with van der Waals surface area (Å²) in [5, 5.41) is 13.5. The Morgan fingerprint density at radius 3 is 2.05 bits per heavy atom. The molecule has 4 aliphatic rings. The third-order valence-electron chi connectivity index (χ3n) is 17.0. The molecule has 0 spiro atoms. The van der Waals surface area contributed by atoms with Crippen molar-refractivity contribution >= 4 is 83.7 Å². The van der Waals surface area contributed by atoms with Gasteiger partial charge in [-0.2, -0.15) is 0 Å². The van der Waals surface area contributed by atoms with Crippen molar-refractivity contribution in [1.29, 1.82) is 0 Å². The van der Waals surface area contributed by atoms with Crippen molar-refractivity contribution in [3.8, 4) is 11.4 Å². The number of anilines is 1. The zero-order valence-electron chi connectivity index (χ0n) is 41.8.